The van der Waals surface area contributed by atoms with Crippen molar-refractivity contribution in [1.82, 2.24) is 9.88 Å². The predicted octanol–water partition coefficient (Wildman–Crippen LogP) is 3.90. The average molecular weight is 451 g/mol. The number of nitrogens with zero attached hydrogens (tertiary/aromatic N) is 3. The molecule has 1 aromatic carbocycles. The molecule has 1 aliphatic heterocycles. The van der Waals surface area contributed by atoms with E-state index in [2.05, 4.69) is 9.72 Å². The monoisotopic (exact) mass is 451 g/mol. The zero-order valence-electron chi connectivity index (χ0n) is 17.5. The van der Waals surface area contributed by atoms with Crippen LogP contribution >= 0.6 is 0 Å². The number of alkyl halides is 3. The number of imide groups is 1. The van der Waals surface area contributed by atoms with E-state index in [9.17, 15) is 27.6 Å². The molecular weight excluding hydrogens is 431 g/mol. The van der Waals surface area contributed by atoms with Crippen LogP contribution in [0.1, 0.15) is 36.7 Å². The molecule has 0 radical (unpaired) electrons. The number of ether oxygens (including phenoxy) is 2. The number of benzene rings is 1. The Morgan fingerprint density at radius 2 is 1.75 bits per heavy atom. The van der Waals surface area contributed by atoms with Crippen molar-refractivity contribution in [3.8, 4) is 5.75 Å². The van der Waals surface area contributed by atoms with Gasteiger partial charge in [0.05, 0.1) is 11.3 Å². The number of rotatable bonds is 5. The van der Waals surface area contributed by atoms with E-state index >= 15 is 0 Å². The van der Waals surface area contributed by atoms with Crippen LogP contribution in [-0.4, -0.2) is 46.3 Å². The first-order valence-electron chi connectivity index (χ1n) is 9.48. The maximum absolute atomic E-state index is 12.8. The molecule has 0 unspecified atom stereocenters. The van der Waals surface area contributed by atoms with E-state index in [1.54, 1.807) is 26.8 Å². The smallest absolute Gasteiger partial charge is 0.456 e. The molecule has 0 aliphatic carbocycles. The van der Waals surface area contributed by atoms with Gasteiger partial charge in [-0.1, -0.05) is 0 Å². The second kappa shape index (κ2) is 8.48. The summed E-state index contributed by atoms with van der Waals surface area (Å²) >= 11 is 0. The molecule has 1 aromatic heterocycles. The molecule has 0 spiro atoms. The highest BCUT2D eigenvalue weighted by molar-refractivity contribution is 6.19. The van der Waals surface area contributed by atoms with Crippen molar-refractivity contribution in [3.63, 3.8) is 0 Å². The fourth-order valence-corrected chi connectivity index (χ4v) is 3.01. The second-order valence-electron chi connectivity index (χ2n) is 7.94. The Bertz CT molecular complexity index is 1030. The molecule has 0 bridgehead atoms. The standard InChI is InChI=1S/C21H20F3N3O5/c1-20(2,3)32-18(29)16-10-25-9-8-13(16)11-26-12-17(28)27(19(26)30)14-4-6-15(7-5-14)31-21(22,23)24/h4-10H,11-12H2,1-3H3. The lowest BCUT2D eigenvalue weighted by Crippen LogP contribution is -2.33. The molecule has 3 rings (SSSR count). The third-order valence-electron chi connectivity index (χ3n) is 4.26. The number of carbonyl (C=O) groups excluding carboxylic acids is 3. The lowest BCUT2D eigenvalue weighted by atomic mass is 10.1. The number of anilines is 1. The lowest BCUT2D eigenvalue weighted by Gasteiger charge is -2.22. The molecule has 1 saturated heterocycles. The first-order valence-corrected chi connectivity index (χ1v) is 9.48. The van der Waals surface area contributed by atoms with E-state index in [1.165, 1.54) is 29.4 Å². The fraction of sp³-hybridized carbons (Fsp3) is 0.333. The van der Waals surface area contributed by atoms with Crippen LogP contribution in [0.3, 0.4) is 0 Å². The summed E-state index contributed by atoms with van der Waals surface area (Å²) in [5, 5.41) is 0. The van der Waals surface area contributed by atoms with Crippen molar-refractivity contribution < 1.29 is 37.0 Å². The van der Waals surface area contributed by atoms with Gasteiger partial charge in [-0.15, -0.1) is 13.2 Å². The summed E-state index contributed by atoms with van der Waals surface area (Å²) in [6, 6.07) is 5.25. The highest BCUT2D eigenvalue weighted by Gasteiger charge is 2.38. The van der Waals surface area contributed by atoms with Crippen LogP contribution in [0.15, 0.2) is 42.7 Å². The molecule has 2 heterocycles. The summed E-state index contributed by atoms with van der Waals surface area (Å²) < 4.78 is 46.1. The lowest BCUT2D eigenvalue weighted by molar-refractivity contribution is -0.274. The normalized spacial score (nSPS) is 14.7. The number of aromatic nitrogens is 1. The number of hydrogen-bond acceptors (Lipinski definition) is 6. The number of hydrogen-bond donors (Lipinski definition) is 0. The molecule has 0 N–H and O–H groups in total. The third kappa shape index (κ3) is 5.54. The quantitative estimate of drug-likeness (QED) is 0.506. The van der Waals surface area contributed by atoms with Gasteiger partial charge < -0.3 is 14.4 Å². The van der Waals surface area contributed by atoms with Crippen LogP contribution in [0.5, 0.6) is 5.75 Å². The van der Waals surface area contributed by atoms with Gasteiger partial charge in [0.2, 0.25) is 0 Å². The number of carbonyl (C=O) groups is 3. The highest BCUT2D eigenvalue weighted by atomic mass is 19.4. The summed E-state index contributed by atoms with van der Waals surface area (Å²) in [5.74, 6) is -1.65. The SMILES string of the molecule is CC(C)(C)OC(=O)c1cnccc1CN1CC(=O)N(c2ccc(OC(F)(F)F)cc2)C1=O. The molecule has 11 heteroatoms. The summed E-state index contributed by atoms with van der Waals surface area (Å²) in [7, 11) is 0. The van der Waals surface area contributed by atoms with Gasteiger partial charge in [0.25, 0.3) is 5.91 Å². The van der Waals surface area contributed by atoms with E-state index in [1.807, 2.05) is 0 Å². The minimum Gasteiger partial charge on any atom is -0.456 e. The summed E-state index contributed by atoms with van der Waals surface area (Å²) in [5.41, 5.74) is -0.0392. The van der Waals surface area contributed by atoms with Crippen molar-refractivity contribution in [3.05, 3.63) is 53.9 Å². The van der Waals surface area contributed by atoms with Crippen molar-refractivity contribution in [2.45, 2.75) is 39.3 Å². The molecular formula is C21H20F3N3O5. The summed E-state index contributed by atoms with van der Waals surface area (Å²) in [6.07, 6.45) is -2.08. The molecule has 32 heavy (non-hydrogen) atoms. The van der Waals surface area contributed by atoms with E-state index in [-0.39, 0.29) is 24.3 Å². The Kier molecular flexibility index (Phi) is 6.11. The number of pyridine rings is 1. The van der Waals surface area contributed by atoms with Crippen LogP contribution in [0.4, 0.5) is 23.7 Å². The fourth-order valence-electron chi connectivity index (χ4n) is 3.01. The van der Waals surface area contributed by atoms with Gasteiger partial charge >= 0.3 is 18.4 Å². The zero-order chi connectivity index (χ0) is 23.7. The van der Waals surface area contributed by atoms with Crippen molar-refractivity contribution in [2.24, 2.45) is 0 Å². The zero-order valence-corrected chi connectivity index (χ0v) is 17.5. The molecule has 2 aromatic rings. The highest BCUT2D eigenvalue weighted by Crippen LogP contribution is 2.28. The van der Waals surface area contributed by atoms with Crippen LogP contribution in [0, 0.1) is 0 Å². The number of esters is 1. The molecule has 170 valence electrons. The topological polar surface area (TPSA) is 89.0 Å². The maximum Gasteiger partial charge on any atom is 0.573 e. The Morgan fingerprint density at radius 1 is 1.09 bits per heavy atom. The second-order valence-corrected chi connectivity index (χ2v) is 7.94. The Balaban J connectivity index is 1.77. The van der Waals surface area contributed by atoms with E-state index in [4.69, 9.17) is 4.74 Å². The van der Waals surface area contributed by atoms with Gasteiger partial charge in [0.15, 0.2) is 0 Å². The summed E-state index contributed by atoms with van der Waals surface area (Å²) in [6.45, 7) is 4.81. The maximum atomic E-state index is 12.8. The van der Waals surface area contributed by atoms with Gasteiger partial charge in [-0.2, -0.15) is 0 Å². The van der Waals surface area contributed by atoms with Gasteiger partial charge in [0, 0.05) is 18.9 Å². The Hall–Kier alpha value is -3.63. The first kappa shape index (κ1) is 23.0. The minimum absolute atomic E-state index is 0.0621. The van der Waals surface area contributed by atoms with Gasteiger partial charge in [-0.05, 0) is 56.7 Å². The van der Waals surface area contributed by atoms with E-state index in [0.29, 0.717) is 5.56 Å². The van der Waals surface area contributed by atoms with Crippen LogP contribution in [-0.2, 0) is 16.1 Å². The number of halogens is 3. The Labute approximate surface area is 181 Å². The van der Waals surface area contributed by atoms with Gasteiger partial charge in [0.1, 0.15) is 17.9 Å². The van der Waals surface area contributed by atoms with Gasteiger partial charge in [-0.3, -0.25) is 9.78 Å². The van der Waals surface area contributed by atoms with Crippen molar-refractivity contribution in [1.29, 1.82) is 0 Å². The Morgan fingerprint density at radius 3 is 2.34 bits per heavy atom. The number of amides is 3. The van der Waals surface area contributed by atoms with Crippen molar-refractivity contribution >= 4 is 23.6 Å². The largest absolute Gasteiger partial charge is 0.573 e. The average Bonchev–Trinajstić information content (AvgIpc) is 2.93. The van der Waals surface area contributed by atoms with Crippen LogP contribution in [0.25, 0.3) is 0 Å². The molecule has 1 aliphatic rings. The number of urea groups is 1. The van der Waals surface area contributed by atoms with Crippen LogP contribution < -0.4 is 9.64 Å². The first-order chi connectivity index (χ1) is 14.8. The molecule has 1 fully saturated rings. The molecule has 8 nitrogen and oxygen atoms in total. The summed E-state index contributed by atoms with van der Waals surface area (Å²) in [4.78, 5) is 43.8. The molecule has 3 amide bonds. The minimum atomic E-state index is -4.85. The van der Waals surface area contributed by atoms with Crippen LogP contribution in [0.2, 0.25) is 0 Å². The molecule has 0 atom stereocenters. The predicted molar refractivity (Wildman–Crippen MR) is 106 cm³/mol. The van der Waals surface area contributed by atoms with E-state index < -0.39 is 35.6 Å². The van der Waals surface area contributed by atoms with E-state index in [0.717, 1.165) is 17.0 Å². The third-order valence-corrected chi connectivity index (χ3v) is 4.26. The van der Waals surface area contributed by atoms with Crippen molar-refractivity contribution in [2.75, 3.05) is 11.4 Å². The molecule has 0 saturated carbocycles. The van der Waals surface area contributed by atoms with Gasteiger partial charge in [-0.25, -0.2) is 14.5 Å².